The molecule has 17 heavy (non-hydrogen) atoms. The lowest BCUT2D eigenvalue weighted by Crippen LogP contribution is -2.51. The van der Waals surface area contributed by atoms with Crippen LogP contribution in [0.4, 0.5) is 0 Å². The first-order chi connectivity index (χ1) is 7.83. The van der Waals surface area contributed by atoms with Gasteiger partial charge in [-0.2, -0.15) is 0 Å². The van der Waals surface area contributed by atoms with Crippen LogP contribution in [0.25, 0.3) is 0 Å². The molecule has 0 saturated heterocycles. The van der Waals surface area contributed by atoms with Crippen molar-refractivity contribution < 1.29 is 9.84 Å². The smallest absolute Gasteiger partial charge is 0.131 e. The van der Waals surface area contributed by atoms with Crippen LogP contribution in [0.5, 0.6) is 5.75 Å². The Morgan fingerprint density at radius 2 is 2.00 bits per heavy atom. The van der Waals surface area contributed by atoms with Gasteiger partial charge in [-0.15, -0.1) is 0 Å². The van der Waals surface area contributed by atoms with Crippen molar-refractivity contribution >= 4 is 0 Å². The maximum absolute atomic E-state index is 10.1. The number of hydrogen-bond acceptors (Lipinski definition) is 3. The lowest BCUT2D eigenvalue weighted by atomic mass is 9.85. The third-order valence-electron chi connectivity index (χ3n) is 3.49. The molecule has 1 aliphatic heterocycles. The Kier molecular flexibility index (Phi) is 2.92. The minimum atomic E-state index is -0.683. The average Bonchev–Trinajstić information content (AvgIpc) is 2.25. The van der Waals surface area contributed by atoms with Gasteiger partial charge in [-0.3, -0.25) is 0 Å². The molecule has 1 aromatic carbocycles. The van der Waals surface area contributed by atoms with Crippen LogP contribution in [0.1, 0.15) is 50.8 Å². The molecule has 0 aromatic heterocycles. The van der Waals surface area contributed by atoms with Gasteiger partial charge in [-0.25, -0.2) is 0 Å². The molecule has 1 aromatic rings. The van der Waals surface area contributed by atoms with E-state index in [9.17, 15) is 5.11 Å². The van der Waals surface area contributed by atoms with Crippen molar-refractivity contribution in [3.8, 4) is 5.75 Å². The molecule has 2 rings (SSSR count). The van der Waals surface area contributed by atoms with Crippen molar-refractivity contribution in [2.24, 2.45) is 5.73 Å². The van der Waals surface area contributed by atoms with E-state index in [4.69, 9.17) is 10.5 Å². The summed E-state index contributed by atoms with van der Waals surface area (Å²) in [7, 11) is 0. The first-order valence-corrected chi connectivity index (χ1v) is 6.09. The summed E-state index contributed by atoms with van der Waals surface area (Å²) in [6, 6.07) is 5.68. The largest absolute Gasteiger partial charge is 0.485 e. The molecule has 1 heterocycles. The van der Waals surface area contributed by atoms with Crippen LogP contribution >= 0.6 is 0 Å². The third kappa shape index (κ3) is 2.05. The van der Waals surface area contributed by atoms with E-state index in [2.05, 4.69) is 19.9 Å². The van der Waals surface area contributed by atoms with Crippen LogP contribution in [0.3, 0.4) is 0 Å². The highest BCUT2D eigenvalue weighted by atomic mass is 16.5. The summed E-state index contributed by atoms with van der Waals surface area (Å²) in [5.74, 6) is 1.23. The highest BCUT2D eigenvalue weighted by Gasteiger charge is 2.41. The molecular formula is C14H21NO2. The van der Waals surface area contributed by atoms with Gasteiger partial charge in [0.15, 0.2) is 0 Å². The molecule has 0 radical (unpaired) electrons. The van der Waals surface area contributed by atoms with Crippen molar-refractivity contribution in [1.82, 2.24) is 0 Å². The maximum atomic E-state index is 10.1. The lowest BCUT2D eigenvalue weighted by molar-refractivity contribution is -0.0572. The molecule has 3 heteroatoms. The summed E-state index contributed by atoms with van der Waals surface area (Å²) in [4.78, 5) is 0. The first-order valence-electron chi connectivity index (χ1n) is 6.09. The van der Waals surface area contributed by atoms with Gasteiger partial charge < -0.3 is 15.6 Å². The molecule has 0 bridgehead atoms. The van der Waals surface area contributed by atoms with Crippen LogP contribution < -0.4 is 10.5 Å². The van der Waals surface area contributed by atoms with Gasteiger partial charge in [0.05, 0.1) is 6.04 Å². The van der Waals surface area contributed by atoms with E-state index in [1.54, 1.807) is 0 Å². The molecule has 0 fully saturated rings. The van der Waals surface area contributed by atoms with E-state index < -0.39 is 11.7 Å². The lowest BCUT2D eigenvalue weighted by Gasteiger charge is -2.40. The number of aliphatic hydroxyl groups excluding tert-OH is 1. The Morgan fingerprint density at radius 1 is 1.35 bits per heavy atom. The zero-order valence-electron chi connectivity index (χ0n) is 10.9. The average molecular weight is 235 g/mol. The number of rotatable bonds is 1. The van der Waals surface area contributed by atoms with Crippen molar-refractivity contribution in [2.45, 2.75) is 51.4 Å². The van der Waals surface area contributed by atoms with Gasteiger partial charge in [0.25, 0.3) is 0 Å². The Bertz CT molecular complexity index is 426. The van der Waals surface area contributed by atoms with Gasteiger partial charge >= 0.3 is 0 Å². The standard InChI is InChI=1S/C14H21NO2/c1-8(2)9-5-6-11-10(7-9)12(15)13(16)14(3,4)17-11/h5-8,12-13,16H,15H2,1-4H3/t12-,13+/m1/s1. The number of nitrogens with two attached hydrogens (primary N) is 1. The molecule has 0 spiro atoms. The normalized spacial score (nSPS) is 26.5. The summed E-state index contributed by atoms with van der Waals surface area (Å²) in [6.07, 6.45) is -0.683. The molecule has 1 aliphatic rings. The fraction of sp³-hybridized carbons (Fsp3) is 0.571. The fourth-order valence-electron chi connectivity index (χ4n) is 2.23. The summed E-state index contributed by atoms with van der Waals surface area (Å²) in [5.41, 5.74) is 7.59. The zero-order valence-corrected chi connectivity index (χ0v) is 10.9. The number of aliphatic hydroxyl groups is 1. The number of benzene rings is 1. The van der Waals surface area contributed by atoms with Crippen molar-refractivity contribution in [2.75, 3.05) is 0 Å². The summed E-state index contributed by atoms with van der Waals surface area (Å²) in [5, 5.41) is 10.1. The van der Waals surface area contributed by atoms with Crippen LogP contribution in [0.2, 0.25) is 0 Å². The molecular weight excluding hydrogens is 214 g/mol. The molecule has 2 atom stereocenters. The van der Waals surface area contributed by atoms with Crippen molar-refractivity contribution in [3.63, 3.8) is 0 Å². The summed E-state index contributed by atoms with van der Waals surface area (Å²) in [6.45, 7) is 7.99. The van der Waals surface area contributed by atoms with E-state index >= 15 is 0 Å². The predicted octanol–water partition coefficient (Wildman–Crippen LogP) is 2.34. The Morgan fingerprint density at radius 3 is 2.59 bits per heavy atom. The molecule has 3 nitrogen and oxygen atoms in total. The van der Waals surface area contributed by atoms with Gasteiger partial charge in [0, 0.05) is 5.56 Å². The Hall–Kier alpha value is -1.06. The highest BCUT2D eigenvalue weighted by molar-refractivity contribution is 5.43. The van der Waals surface area contributed by atoms with E-state index in [1.165, 1.54) is 5.56 Å². The highest BCUT2D eigenvalue weighted by Crippen LogP contribution is 2.39. The number of hydrogen-bond donors (Lipinski definition) is 2. The minimum absolute atomic E-state index is 0.382. The molecule has 94 valence electrons. The Labute approximate surface area is 103 Å². The van der Waals surface area contributed by atoms with Gasteiger partial charge in [0.2, 0.25) is 0 Å². The van der Waals surface area contributed by atoms with E-state index in [-0.39, 0.29) is 6.04 Å². The van der Waals surface area contributed by atoms with E-state index in [0.29, 0.717) is 5.92 Å². The Balaban J connectivity index is 2.47. The second-order valence-electron chi connectivity index (χ2n) is 5.63. The monoisotopic (exact) mass is 235 g/mol. The summed E-state index contributed by atoms with van der Waals surface area (Å²) >= 11 is 0. The molecule has 3 N–H and O–H groups in total. The van der Waals surface area contributed by atoms with Crippen molar-refractivity contribution in [1.29, 1.82) is 0 Å². The van der Waals surface area contributed by atoms with Crippen LogP contribution in [0.15, 0.2) is 18.2 Å². The van der Waals surface area contributed by atoms with Gasteiger partial charge in [-0.1, -0.05) is 26.0 Å². The topological polar surface area (TPSA) is 55.5 Å². The first kappa shape index (κ1) is 12.4. The minimum Gasteiger partial charge on any atom is -0.485 e. The molecule has 0 aliphatic carbocycles. The maximum Gasteiger partial charge on any atom is 0.131 e. The van der Waals surface area contributed by atoms with Crippen LogP contribution in [-0.4, -0.2) is 16.8 Å². The molecule has 0 saturated carbocycles. The molecule has 0 amide bonds. The zero-order chi connectivity index (χ0) is 12.8. The van der Waals surface area contributed by atoms with Gasteiger partial charge in [-0.05, 0) is 31.4 Å². The van der Waals surface area contributed by atoms with Crippen molar-refractivity contribution in [3.05, 3.63) is 29.3 Å². The molecule has 0 unspecified atom stereocenters. The SMILES string of the molecule is CC(C)c1ccc2c(c1)[C@@H](N)[C@H](O)C(C)(C)O2. The second kappa shape index (κ2) is 4.00. The number of ether oxygens (including phenoxy) is 1. The quantitative estimate of drug-likeness (QED) is 0.785. The third-order valence-corrected chi connectivity index (χ3v) is 3.49. The van der Waals surface area contributed by atoms with E-state index in [1.807, 2.05) is 26.0 Å². The second-order valence-corrected chi connectivity index (χ2v) is 5.63. The summed E-state index contributed by atoms with van der Waals surface area (Å²) < 4.78 is 5.81. The fourth-order valence-corrected chi connectivity index (χ4v) is 2.23. The van der Waals surface area contributed by atoms with Crippen LogP contribution in [-0.2, 0) is 0 Å². The van der Waals surface area contributed by atoms with Gasteiger partial charge in [0.1, 0.15) is 17.5 Å². The van der Waals surface area contributed by atoms with E-state index in [0.717, 1.165) is 11.3 Å². The predicted molar refractivity (Wildman–Crippen MR) is 68.2 cm³/mol. The van der Waals surface area contributed by atoms with Crippen LogP contribution in [0, 0.1) is 0 Å². The number of fused-ring (bicyclic) bond motifs is 1.